The van der Waals surface area contributed by atoms with Crippen molar-refractivity contribution in [3.8, 4) is 0 Å². The molecule has 1 aromatic rings. The lowest BCUT2D eigenvalue weighted by atomic mass is 10.2. The molecule has 1 N–H and O–H groups in total. The first-order chi connectivity index (χ1) is 8.60. The quantitative estimate of drug-likeness (QED) is 0.719. The van der Waals surface area contributed by atoms with Gasteiger partial charge < -0.3 is 10.2 Å². The average molecular weight is 256 g/mol. The Morgan fingerprint density at radius 1 is 1.33 bits per heavy atom. The Bertz CT molecular complexity index is 358. The summed E-state index contributed by atoms with van der Waals surface area (Å²) in [6, 6.07) is 0. The monoisotopic (exact) mass is 256 g/mol. The Labute approximate surface area is 109 Å². The highest BCUT2D eigenvalue weighted by Crippen LogP contribution is 2.10. The fraction of sp³-hybridized carbons (Fsp3) is 0.769. The van der Waals surface area contributed by atoms with Gasteiger partial charge in [-0.15, -0.1) is 0 Å². The molecular weight excluding hydrogens is 231 g/mol. The van der Waals surface area contributed by atoms with Gasteiger partial charge >= 0.3 is 0 Å². The molecule has 1 aromatic heterocycles. The number of aromatic nitrogens is 2. The molecule has 0 fully saturated rings. The molecule has 4 nitrogen and oxygen atoms in total. The van der Waals surface area contributed by atoms with Gasteiger partial charge in [0.25, 0.3) is 0 Å². The molecule has 0 saturated carbocycles. The molecule has 0 aliphatic rings. The van der Waals surface area contributed by atoms with Gasteiger partial charge in [-0.05, 0) is 39.5 Å². The van der Waals surface area contributed by atoms with E-state index in [0.717, 1.165) is 38.3 Å². The molecule has 0 aromatic carbocycles. The maximum absolute atomic E-state index is 13.6. The van der Waals surface area contributed by atoms with Crippen molar-refractivity contribution in [2.45, 2.75) is 33.7 Å². The van der Waals surface area contributed by atoms with Gasteiger partial charge in [0.05, 0.1) is 5.69 Å². The highest BCUT2D eigenvalue weighted by Gasteiger charge is 2.11. The van der Waals surface area contributed by atoms with Gasteiger partial charge in [0.15, 0.2) is 0 Å². The molecule has 1 rings (SSSR count). The van der Waals surface area contributed by atoms with Crippen molar-refractivity contribution in [3.63, 3.8) is 0 Å². The van der Waals surface area contributed by atoms with Crippen LogP contribution in [0.2, 0.25) is 0 Å². The van der Waals surface area contributed by atoms with E-state index in [4.69, 9.17) is 0 Å². The summed E-state index contributed by atoms with van der Waals surface area (Å²) in [5.74, 6) is -0.233. The molecule has 0 amide bonds. The first kappa shape index (κ1) is 15.1. The third-order valence-electron chi connectivity index (χ3n) is 3.29. The van der Waals surface area contributed by atoms with Crippen LogP contribution >= 0.6 is 0 Å². The Kier molecular flexibility index (Phi) is 6.29. The number of nitrogens with one attached hydrogen (secondary N) is 1. The molecule has 0 saturated heterocycles. The molecule has 5 heteroatoms. The Morgan fingerprint density at radius 2 is 2.00 bits per heavy atom. The number of aryl methyl sites for hydroxylation is 2. The van der Waals surface area contributed by atoms with Gasteiger partial charge in [-0.3, -0.25) is 0 Å². The zero-order chi connectivity index (χ0) is 13.5. The van der Waals surface area contributed by atoms with E-state index >= 15 is 0 Å². The second-order valence-corrected chi connectivity index (χ2v) is 4.54. The van der Waals surface area contributed by atoms with E-state index in [2.05, 4.69) is 29.2 Å². The van der Waals surface area contributed by atoms with Gasteiger partial charge in [-0.25, -0.2) is 4.68 Å². The molecule has 0 bridgehead atoms. The molecule has 18 heavy (non-hydrogen) atoms. The smallest absolute Gasteiger partial charge is 0.215 e. The van der Waals surface area contributed by atoms with Gasteiger partial charge in [-0.1, -0.05) is 13.8 Å². The fourth-order valence-corrected chi connectivity index (χ4v) is 2.06. The van der Waals surface area contributed by atoms with E-state index in [1.54, 1.807) is 7.05 Å². The van der Waals surface area contributed by atoms with Crippen molar-refractivity contribution in [2.24, 2.45) is 7.05 Å². The SMILES string of the molecule is CCN(CC)CCCNCc1c(C)nn(C)c1F. The van der Waals surface area contributed by atoms with E-state index in [1.807, 2.05) is 6.92 Å². The molecule has 0 aliphatic heterocycles. The molecule has 0 spiro atoms. The van der Waals surface area contributed by atoms with Crippen LogP contribution in [0.4, 0.5) is 4.39 Å². The van der Waals surface area contributed by atoms with Crippen LogP contribution in [-0.2, 0) is 13.6 Å². The predicted octanol–water partition coefficient (Wildman–Crippen LogP) is 1.69. The molecule has 0 radical (unpaired) electrons. The van der Waals surface area contributed by atoms with Crippen LogP contribution in [0.25, 0.3) is 0 Å². The zero-order valence-corrected chi connectivity index (χ0v) is 12.0. The summed E-state index contributed by atoms with van der Waals surface area (Å²) in [5, 5.41) is 7.34. The molecule has 104 valence electrons. The molecule has 1 heterocycles. The van der Waals surface area contributed by atoms with Crippen molar-refractivity contribution < 1.29 is 4.39 Å². The first-order valence-electron chi connectivity index (χ1n) is 6.71. The molecule has 0 unspecified atom stereocenters. The van der Waals surface area contributed by atoms with Crippen LogP contribution in [0, 0.1) is 12.9 Å². The Balaban J connectivity index is 2.26. The van der Waals surface area contributed by atoms with Gasteiger partial charge in [0.2, 0.25) is 5.95 Å². The summed E-state index contributed by atoms with van der Waals surface area (Å²) in [6.45, 7) is 10.9. The summed E-state index contributed by atoms with van der Waals surface area (Å²) in [7, 11) is 1.63. The topological polar surface area (TPSA) is 33.1 Å². The van der Waals surface area contributed by atoms with Crippen LogP contribution in [0.15, 0.2) is 0 Å². The number of halogens is 1. The van der Waals surface area contributed by atoms with Crippen LogP contribution in [-0.4, -0.2) is 40.9 Å². The highest BCUT2D eigenvalue weighted by atomic mass is 19.1. The molecule has 0 aliphatic carbocycles. The van der Waals surface area contributed by atoms with E-state index in [0.29, 0.717) is 12.1 Å². The standard InChI is InChI=1S/C13H25FN4/c1-5-18(6-2)9-7-8-15-10-12-11(3)16-17(4)13(12)14/h15H,5-10H2,1-4H3. The predicted molar refractivity (Wildman–Crippen MR) is 72.0 cm³/mol. The number of rotatable bonds is 8. The van der Waals surface area contributed by atoms with Gasteiger partial charge in [0, 0.05) is 19.2 Å². The number of hydrogen-bond donors (Lipinski definition) is 1. The van der Waals surface area contributed by atoms with Crippen LogP contribution in [0.1, 0.15) is 31.5 Å². The number of nitrogens with zero attached hydrogens (tertiary/aromatic N) is 3. The zero-order valence-electron chi connectivity index (χ0n) is 12.0. The lowest BCUT2D eigenvalue weighted by Gasteiger charge is -2.17. The van der Waals surface area contributed by atoms with E-state index in [9.17, 15) is 4.39 Å². The normalized spacial score (nSPS) is 11.4. The summed E-state index contributed by atoms with van der Waals surface area (Å²) < 4.78 is 14.9. The maximum atomic E-state index is 13.6. The minimum Gasteiger partial charge on any atom is -0.312 e. The second-order valence-electron chi connectivity index (χ2n) is 4.54. The number of hydrogen-bond acceptors (Lipinski definition) is 3. The Hall–Kier alpha value is -0.940. The van der Waals surface area contributed by atoms with Crippen molar-refractivity contribution in [1.82, 2.24) is 20.0 Å². The summed E-state index contributed by atoms with van der Waals surface area (Å²) in [5.41, 5.74) is 1.45. The third-order valence-corrected chi connectivity index (χ3v) is 3.29. The molecular formula is C13H25FN4. The van der Waals surface area contributed by atoms with Crippen molar-refractivity contribution >= 4 is 0 Å². The first-order valence-corrected chi connectivity index (χ1v) is 6.71. The average Bonchev–Trinajstić information content (AvgIpc) is 2.59. The minimum atomic E-state index is -0.233. The minimum absolute atomic E-state index is 0.233. The largest absolute Gasteiger partial charge is 0.312 e. The van der Waals surface area contributed by atoms with Crippen LogP contribution in [0.5, 0.6) is 0 Å². The summed E-state index contributed by atoms with van der Waals surface area (Å²) >= 11 is 0. The van der Waals surface area contributed by atoms with E-state index < -0.39 is 0 Å². The van der Waals surface area contributed by atoms with E-state index in [-0.39, 0.29) is 5.95 Å². The van der Waals surface area contributed by atoms with Gasteiger partial charge in [0.1, 0.15) is 0 Å². The van der Waals surface area contributed by atoms with Crippen LogP contribution in [0.3, 0.4) is 0 Å². The lowest BCUT2D eigenvalue weighted by molar-refractivity contribution is 0.298. The molecule has 0 atom stereocenters. The van der Waals surface area contributed by atoms with E-state index in [1.165, 1.54) is 4.68 Å². The van der Waals surface area contributed by atoms with Crippen molar-refractivity contribution in [3.05, 3.63) is 17.2 Å². The third kappa shape index (κ3) is 4.07. The van der Waals surface area contributed by atoms with Gasteiger partial charge in [-0.2, -0.15) is 9.49 Å². The second kappa shape index (κ2) is 7.48. The van der Waals surface area contributed by atoms with Crippen molar-refractivity contribution in [1.29, 1.82) is 0 Å². The fourth-order valence-electron chi connectivity index (χ4n) is 2.06. The van der Waals surface area contributed by atoms with Crippen molar-refractivity contribution in [2.75, 3.05) is 26.2 Å². The Morgan fingerprint density at radius 3 is 2.50 bits per heavy atom. The maximum Gasteiger partial charge on any atom is 0.215 e. The van der Waals surface area contributed by atoms with Crippen LogP contribution < -0.4 is 5.32 Å². The highest BCUT2D eigenvalue weighted by molar-refractivity contribution is 5.16. The summed E-state index contributed by atoms with van der Waals surface area (Å²) in [6.07, 6.45) is 1.09. The lowest BCUT2D eigenvalue weighted by Crippen LogP contribution is -2.27. The summed E-state index contributed by atoms with van der Waals surface area (Å²) in [4.78, 5) is 2.39.